The molecule has 0 N–H and O–H groups in total. The summed E-state index contributed by atoms with van der Waals surface area (Å²) in [6.45, 7) is 0. The molecule has 0 amide bonds. The summed E-state index contributed by atoms with van der Waals surface area (Å²) in [5.41, 5.74) is 2.04. The lowest BCUT2D eigenvalue weighted by molar-refractivity contribution is 1.10. The van der Waals surface area contributed by atoms with E-state index in [4.69, 9.17) is 0 Å². The Morgan fingerprint density at radius 1 is 0.867 bits per heavy atom. The Morgan fingerprint density at radius 2 is 1.67 bits per heavy atom. The molecule has 2 nitrogen and oxygen atoms in total. The Kier molecular flexibility index (Phi) is 3.41. The van der Waals surface area contributed by atoms with Crippen LogP contribution in [0.2, 0.25) is 0 Å². The summed E-state index contributed by atoms with van der Waals surface area (Å²) in [5.74, 6) is 0. The molecule has 0 unspecified atom stereocenters. The van der Waals surface area contributed by atoms with E-state index >= 15 is 0 Å². The lowest BCUT2D eigenvalue weighted by Crippen LogP contribution is -1.66. The molecule has 0 saturated heterocycles. The van der Waals surface area contributed by atoms with E-state index < -0.39 is 0 Å². The fourth-order valence-corrected chi connectivity index (χ4v) is 1.59. The maximum atomic E-state index is 3.91. The van der Waals surface area contributed by atoms with Crippen LogP contribution in [0.5, 0.6) is 0 Å². The maximum Gasteiger partial charge on any atom is 0.0945 e. The Balaban J connectivity index is 0.000000144. The Hall–Kier alpha value is -1.74. The van der Waals surface area contributed by atoms with E-state index in [1.165, 1.54) is 0 Å². The predicted octanol–water partition coefficient (Wildman–Crippen LogP) is 3.33. The Morgan fingerprint density at radius 3 is 2.40 bits per heavy atom. The molecule has 0 saturated carbocycles. The molecule has 0 aromatic carbocycles. The zero-order chi connectivity index (χ0) is 10.3. The van der Waals surface area contributed by atoms with Crippen LogP contribution in [0.1, 0.15) is 0 Å². The zero-order valence-electron chi connectivity index (χ0n) is 8.08. The molecule has 74 valence electrons. The second-order valence-corrected chi connectivity index (χ2v) is 3.71. The minimum Gasteiger partial charge on any atom is -0.158 e. The predicted molar refractivity (Wildman–Crippen MR) is 63.0 cm³/mol. The van der Waals surface area contributed by atoms with E-state index in [1.54, 1.807) is 17.5 Å². The van der Waals surface area contributed by atoms with Gasteiger partial charge >= 0.3 is 0 Å². The molecule has 3 heteroatoms. The first-order valence-corrected chi connectivity index (χ1v) is 5.55. The number of hydrogen-bond acceptors (Lipinski definition) is 3. The highest BCUT2D eigenvalue weighted by molar-refractivity contribution is 7.07. The molecule has 0 atom stereocenters. The van der Waals surface area contributed by atoms with Crippen LogP contribution < -0.4 is 0 Å². The highest BCUT2D eigenvalue weighted by Gasteiger charge is 1.98. The van der Waals surface area contributed by atoms with Gasteiger partial charge in [0, 0.05) is 5.56 Å². The number of thiophene rings is 1. The Bertz CT molecular complexity index is 420. The van der Waals surface area contributed by atoms with E-state index in [1.807, 2.05) is 53.2 Å². The number of nitrogens with zero attached hydrogens (tertiary/aromatic N) is 2. The van der Waals surface area contributed by atoms with Crippen LogP contribution in [0.3, 0.4) is 0 Å². The van der Waals surface area contributed by atoms with Crippen molar-refractivity contribution in [2.45, 2.75) is 0 Å². The standard InChI is InChI=1S/C8H6N2.C4H4S/c1-2-4-7-6-9-10-8(7)5-3-1;1-2-4-5-3-1/h1-6H;1-4H. The molecule has 0 bridgehead atoms. The second kappa shape index (κ2) is 5.22. The van der Waals surface area contributed by atoms with Gasteiger partial charge in [0.2, 0.25) is 0 Å². The van der Waals surface area contributed by atoms with Crippen molar-refractivity contribution in [2.24, 2.45) is 0 Å². The molecule has 0 spiro atoms. The molecular weight excluding hydrogens is 204 g/mol. The quantitative estimate of drug-likeness (QED) is 0.573. The summed E-state index contributed by atoms with van der Waals surface area (Å²) in [7, 11) is 0. The molecule has 1 aromatic heterocycles. The van der Waals surface area contributed by atoms with E-state index in [-0.39, 0.29) is 0 Å². The van der Waals surface area contributed by atoms with Crippen LogP contribution in [-0.4, -0.2) is 10.2 Å². The van der Waals surface area contributed by atoms with Gasteiger partial charge in [0.05, 0.1) is 11.9 Å². The van der Waals surface area contributed by atoms with Gasteiger partial charge in [-0.3, -0.25) is 0 Å². The summed E-state index contributed by atoms with van der Waals surface area (Å²) >= 11 is 1.71. The van der Waals surface area contributed by atoms with Gasteiger partial charge < -0.3 is 0 Å². The number of rotatable bonds is 0. The van der Waals surface area contributed by atoms with Gasteiger partial charge in [-0.15, -0.1) is 0 Å². The number of fused-ring (bicyclic) bond motifs is 1. The summed E-state index contributed by atoms with van der Waals surface area (Å²) in [6.07, 6.45) is 1.76. The molecule has 0 fully saturated rings. The normalized spacial score (nSPS) is 9.33. The largest absolute Gasteiger partial charge is 0.158 e. The third-order valence-electron chi connectivity index (χ3n) is 1.84. The number of hydrogen-bond donors (Lipinski definition) is 0. The van der Waals surface area contributed by atoms with Crippen molar-refractivity contribution in [1.82, 2.24) is 10.2 Å². The summed E-state index contributed by atoms with van der Waals surface area (Å²) in [5, 5.41) is 11.8. The van der Waals surface area contributed by atoms with Gasteiger partial charge in [0.25, 0.3) is 0 Å². The third kappa shape index (κ3) is 2.86. The summed E-state index contributed by atoms with van der Waals surface area (Å²) in [6, 6.07) is 13.9. The van der Waals surface area contributed by atoms with E-state index in [0.29, 0.717) is 0 Å². The molecule has 1 aromatic rings. The molecule has 2 heterocycles. The van der Waals surface area contributed by atoms with E-state index in [0.717, 1.165) is 11.3 Å². The fourth-order valence-electron chi connectivity index (χ4n) is 1.13. The SMILES string of the molecule is c1ccc2cnnc-2cc1.c1ccsc1. The van der Waals surface area contributed by atoms with E-state index in [9.17, 15) is 0 Å². The van der Waals surface area contributed by atoms with Gasteiger partial charge in [-0.05, 0) is 16.8 Å². The highest BCUT2D eigenvalue weighted by atomic mass is 32.1. The van der Waals surface area contributed by atoms with Crippen LogP contribution in [0.4, 0.5) is 0 Å². The van der Waals surface area contributed by atoms with Crippen LogP contribution in [0, 0.1) is 0 Å². The first kappa shape index (κ1) is 9.80. The molecule has 1 aliphatic carbocycles. The first-order valence-electron chi connectivity index (χ1n) is 4.60. The highest BCUT2D eigenvalue weighted by Crippen LogP contribution is 2.14. The molecule has 0 radical (unpaired) electrons. The van der Waals surface area contributed by atoms with Crippen molar-refractivity contribution in [1.29, 1.82) is 0 Å². The van der Waals surface area contributed by atoms with Gasteiger partial charge in [0.1, 0.15) is 0 Å². The molecule has 2 aliphatic rings. The summed E-state index contributed by atoms with van der Waals surface area (Å²) in [4.78, 5) is 0. The van der Waals surface area contributed by atoms with Crippen molar-refractivity contribution in [3.63, 3.8) is 0 Å². The van der Waals surface area contributed by atoms with Crippen LogP contribution in [-0.2, 0) is 0 Å². The van der Waals surface area contributed by atoms with Gasteiger partial charge in [-0.25, -0.2) is 0 Å². The van der Waals surface area contributed by atoms with Gasteiger partial charge in [0.15, 0.2) is 0 Å². The van der Waals surface area contributed by atoms with E-state index in [2.05, 4.69) is 10.2 Å². The zero-order valence-corrected chi connectivity index (χ0v) is 8.89. The average Bonchev–Trinajstić information content (AvgIpc) is 2.90. The Labute approximate surface area is 92.6 Å². The molecular formula is C12H10N2S. The fraction of sp³-hybridized carbons (Fsp3) is 0. The maximum absolute atomic E-state index is 3.91. The molecule has 3 rings (SSSR count). The van der Waals surface area contributed by atoms with Gasteiger partial charge in [-0.2, -0.15) is 21.5 Å². The summed E-state index contributed by atoms with van der Waals surface area (Å²) < 4.78 is 0. The van der Waals surface area contributed by atoms with Crippen LogP contribution in [0.15, 0.2) is 59.4 Å². The van der Waals surface area contributed by atoms with Crippen LogP contribution >= 0.6 is 11.3 Å². The van der Waals surface area contributed by atoms with Crippen LogP contribution in [0.25, 0.3) is 11.3 Å². The number of aromatic nitrogens is 2. The van der Waals surface area contributed by atoms with Gasteiger partial charge in [-0.1, -0.05) is 36.4 Å². The van der Waals surface area contributed by atoms with Crippen molar-refractivity contribution in [3.05, 3.63) is 59.4 Å². The lowest BCUT2D eigenvalue weighted by atomic mass is 10.2. The third-order valence-corrected chi connectivity index (χ3v) is 2.46. The smallest absolute Gasteiger partial charge is 0.0945 e. The lowest BCUT2D eigenvalue weighted by Gasteiger charge is -1.80. The van der Waals surface area contributed by atoms with Crippen molar-refractivity contribution in [2.75, 3.05) is 0 Å². The molecule has 15 heavy (non-hydrogen) atoms. The van der Waals surface area contributed by atoms with Crippen molar-refractivity contribution >= 4 is 11.3 Å². The van der Waals surface area contributed by atoms with Crippen molar-refractivity contribution < 1.29 is 0 Å². The minimum atomic E-state index is 0.949. The molecule has 1 aliphatic heterocycles. The topological polar surface area (TPSA) is 25.8 Å². The van der Waals surface area contributed by atoms with Crippen molar-refractivity contribution in [3.8, 4) is 11.3 Å². The first-order chi connectivity index (χ1) is 7.47. The monoisotopic (exact) mass is 214 g/mol. The second-order valence-electron chi connectivity index (χ2n) is 2.89. The average molecular weight is 214 g/mol. The minimum absolute atomic E-state index is 0.949.